The minimum absolute atomic E-state index is 0.316. The molecule has 0 aliphatic carbocycles. The summed E-state index contributed by atoms with van der Waals surface area (Å²) in [7, 11) is 0. The Labute approximate surface area is 123 Å². The van der Waals surface area contributed by atoms with Crippen molar-refractivity contribution in [1.29, 1.82) is 0 Å². The minimum Gasteiger partial charge on any atom is -0.368 e. The van der Waals surface area contributed by atoms with Crippen LogP contribution in [0.4, 0.5) is 17.5 Å². The van der Waals surface area contributed by atoms with E-state index < -0.39 is 0 Å². The molecular formula is C14H16ClN5. The van der Waals surface area contributed by atoms with Crippen LogP contribution in [-0.4, -0.2) is 36.1 Å². The Morgan fingerprint density at radius 2 is 1.70 bits per heavy atom. The lowest BCUT2D eigenvalue weighted by atomic mass is 10.2. The normalized spacial score (nSPS) is 15.4. The molecule has 1 aliphatic rings. The summed E-state index contributed by atoms with van der Waals surface area (Å²) < 4.78 is 0. The number of aromatic nitrogens is 2. The van der Waals surface area contributed by atoms with Crippen LogP contribution in [0.25, 0.3) is 0 Å². The van der Waals surface area contributed by atoms with E-state index in [0.717, 1.165) is 42.7 Å². The van der Waals surface area contributed by atoms with Crippen molar-refractivity contribution >= 4 is 29.1 Å². The Hall–Kier alpha value is -2.01. The van der Waals surface area contributed by atoms with Crippen molar-refractivity contribution in [2.75, 3.05) is 41.7 Å². The van der Waals surface area contributed by atoms with E-state index in [1.54, 1.807) is 6.20 Å². The van der Waals surface area contributed by atoms with E-state index in [1.807, 2.05) is 24.3 Å². The number of hydrogen-bond acceptors (Lipinski definition) is 5. The molecule has 0 atom stereocenters. The first kappa shape index (κ1) is 13.0. The molecule has 3 rings (SSSR count). The second-order valence-corrected chi connectivity index (χ2v) is 5.11. The molecule has 0 spiro atoms. The number of nitrogen functional groups attached to an aromatic ring is 1. The van der Waals surface area contributed by atoms with E-state index in [9.17, 15) is 0 Å². The monoisotopic (exact) mass is 289 g/mol. The topological polar surface area (TPSA) is 58.3 Å². The number of rotatable bonds is 2. The fourth-order valence-corrected chi connectivity index (χ4v) is 2.68. The second kappa shape index (κ2) is 5.54. The minimum atomic E-state index is 0.316. The van der Waals surface area contributed by atoms with E-state index in [4.69, 9.17) is 17.3 Å². The van der Waals surface area contributed by atoms with E-state index in [2.05, 4.69) is 25.8 Å². The highest BCUT2D eigenvalue weighted by atomic mass is 35.5. The molecule has 1 aromatic carbocycles. The van der Waals surface area contributed by atoms with Gasteiger partial charge >= 0.3 is 0 Å². The summed E-state index contributed by atoms with van der Waals surface area (Å²) in [6, 6.07) is 9.83. The fraction of sp³-hybridized carbons (Fsp3) is 0.286. The maximum atomic E-state index is 6.24. The van der Waals surface area contributed by atoms with E-state index in [1.165, 1.54) is 0 Å². The number of nitrogens with two attached hydrogens (primary N) is 1. The zero-order chi connectivity index (χ0) is 13.9. The zero-order valence-electron chi connectivity index (χ0n) is 11.0. The lowest BCUT2D eigenvalue weighted by molar-refractivity contribution is 0.647. The van der Waals surface area contributed by atoms with Gasteiger partial charge in [0, 0.05) is 32.4 Å². The molecule has 104 valence electrons. The van der Waals surface area contributed by atoms with Crippen LogP contribution in [0, 0.1) is 0 Å². The summed E-state index contributed by atoms with van der Waals surface area (Å²) in [6.45, 7) is 3.60. The largest absolute Gasteiger partial charge is 0.368 e. The Balaban J connectivity index is 1.70. The van der Waals surface area contributed by atoms with Crippen LogP contribution in [-0.2, 0) is 0 Å². The molecule has 1 saturated heterocycles. The number of piperazine rings is 1. The van der Waals surface area contributed by atoms with Crippen LogP contribution < -0.4 is 15.5 Å². The number of halogens is 1. The zero-order valence-corrected chi connectivity index (χ0v) is 11.8. The summed E-state index contributed by atoms with van der Waals surface area (Å²) >= 11 is 6.24. The molecular weight excluding hydrogens is 274 g/mol. The van der Waals surface area contributed by atoms with Gasteiger partial charge in [-0.1, -0.05) is 23.7 Å². The highest BCUT2D eigenvalue weighted by Crippen LogP contribution is 2.26. The van der Waals surface area contributed by atoms with Gasteiger partial charge < -0.3 is 15.5 Å². The SMILES string of the molecule is Nc1nccc(N2CCN(c3ccccc3Cl)CC2)n1. The molecule has 6 heteroatoms. The van der Waals surface area contributed by atoms with Crippen molar-refractivity contribution in [3.8, 4) is 0 Å². The van der Waals surface area contributed by atoms with Crippen molar-refractivity contribution in [3.05, 3.63) is 41.6 Å². The smallest absolute Gasteiger partial charge is 0.221 e. The van der Waals surface area contributed by atoms with Gasteiger partial charge in [0.15, 0.2) is 0 Å². The molecule has 0 unspecified atom stereocenters. The Kier molecular flexibility index (Phi) is 3.60. The first-order valence-electron chi connectivity index (χ1n) is 6.57. The Morgan fingerprint density at radius 3 is 2.40 bits per heavy atom. The van der Waals surface area contributed by atoms with E-state index in [-0.39, 0.29) is 0 Å². The molecule has 20 heavy (non-hydrogen) atoms. The fourth-order valence-electron chi connectivity index (χ4n) is 2.42. The molecule has 5 nitrogen and oxygen atoms in total. The highest BCUT2D eigenvalue weighted by molar-refractivity contribution is 6.33. The Morgan fingerprint density at radius 1 is 1.00 bits per heavy atom. The van der Waals surface area contributed by atoms with Crippen molar-refractivity contribution < 1.29 is 0 Å². The molecule has 0 amide bonds. The van der Waals surface area contributed by atoms with Gasteiger partial charge in [-0.15, -0.1) is 0 Å². The van der Waals surface area contributed by atoms with Crippen LogP contribution in [0.15, 0.2) is 36.5 Å². The molecule has 0 radical (unpaired) electrons. The van der Waals surface area contributed by atoms with Gasteiger partial charge in [0.2, 0.25) is 5.95 Å². The number of nitrogens with zero attached hydrogens (tertiary/aromatic N) is 4. The lowest BCUT2D eigenvalue weighted by Gasteiger charge is -2.37. The number of para-hydroxylation sites is 1. The molecule has 2 N–H and O–H groups in total. The van der Waals surface area contributed by atoms with Crippen molar-refractivity contribution in [1.82, 2.24) is 9.97 Å². The second-order valence-electron chi connectivity index (χ2n) is 4.70. The van der Waals surface area contributed by atoms with Gasteiger partial charge in [-0.2, -0.15) is 4.98 Å². The molecule has 1 aromatic heterocycles. The predicted octanol–water partition coefficient (Wildman–Crippen LogP) is 2.04. The van der Waals surface area contributed by atoms with Gasteiger partial charge in [-0.3, -0.25) is 0 Å². The van der Waals surface area contributed by atoms with Gasteiger partial charge in [0.1, 0.15) is 5.82 Å². The van der Waals surface area contributed by atoms with Gasteiger partial charge in [0.25, 0.3) is 0 Å². The Bertz CT molecular complexity index is 596. The third kappa shape index (κ3) is 2.63. The molecule has 0 bridgehead atoms. The molecule has 2 aromatic rings. The standard InChI is InChI=1S/C14H16ClN5/c15-11-3-1-2-4-12(11)19-7-9-20(10-8-19)13-5-6-17-14(16)18-13/h1-6H,7-10H2,(H2,16,17,18). The molecule has 1 fully saturated rings. The van der Waals surface area contributed by atoms with Crippen LogP contribution in [0.2, 0.25) is 5.02 Å². The average molecular weight is 290 g/mol. The lowest BCUT2D eigenvalue weighted by Crippen LogP contribution is -2.47. The average Bonchev–Trinajstić information content (AvgIpc) is 2.48. The van der Waals surface area contributed by atoms with Crippen molar-refractivity contribution in [3.63, 3.8) is 0 Å². The summed E-state index contributed by atoms with van der Waals surface area (Å²) in [5, 5.41) is 0.798. The van der Waals surface area contributed by atoms with Crippen molar-refractivity contribution in [2.24, 2.45) is 0 Å². The van der Waals surface area contributed by atoms with E-state index >= 15 is 0 Å². The quantitative estimate of drug-likeness (QED) is 0.917. The number of hydrogen-bond donors (Lipinski definition) is 1. The number of benzene rings is 1. The summed E-state index contributed by atoms with van der Waals surface area (Å²) in [5.41, 5.74) is 6.72. The van der Waals surface area contributed by atoms with Crippen LogP contribution >= 0.6 is 11.6 Å². The predicted molar refractivity (Wildman–Crippen MR) is 82.3 cm³/mol. The first-order valence-corrected chi connectivity index (χ1v) is 6.95. The summed E-state index contributed by atoms with van der Waals surface area (Å²) in [4.78, 5) is 12.7. The molecule has 1 aliphatic heterocycles. The highest BCUT2D eigenvalue weighted by Gasteiger charge is 2.19. The maximum Gasteiger partial charge on any atom is 0.221 e. The molecule has 0 saturated carbocycles. The molecule has 2 heterocycles. The van der Waals surface area contributed by atoms with Gasteiger partial charge in [-0.05, 0) is 18.2 Å². The van der Waals surface area contributed by atoms with Crippen LogP contribution in [0.3, 0.4) is 0 Å². The van der Waals surface area contributed by atoms with Crippen molar-refractivity contribution in [2.45, 2.75) is 0 Å². The van der Waals surface area contributed by atoms with Crippen LogP contribution in [0.1, 0.15) is 0 Å². The third-order valence-electron chi connectivity index (χ3n) is 3.46. The first-order chi connectivity index (χ1) is 9.74. The maximum absolute atomic E-state index is 6.24. The summed E-state index contributed by atoms with van der Waals surface area (Å²) in [6.07, 6.45) is 1.69. The number of anilines is 3. The third-order valence-corrected chi connectivity index (χ3v) is 3.78. The van der Waals surface area contributed by atoms with Gasteiger partial charge in [-0.25, -0.2) is 4.98 Å². The summed E-state index contributed by atoms with van der Waals surface area (Å²) in [5.74, 6) is 1.20. The van der Waals surface area contributed by atoms with Gasteiger partial charge in [0.05, 0.1) is 10.7 Å². The van der Waals surface area contributed by atoms with Crippen LogP contribution in [0.5, 0.6) is 0 Å². The van der Waals surface area contributed by atoms with E-state index in [0.29, 0.717) is 5.95 Å².